The Morgan fingerprint density at radius 1 is 0.923 bits per heavy atom. The van der Waals surface area contributed by atoms with Crippen molar-refractivity contribution in [3.05, 3.63) is 70.4 Å². The van der Waals surface area contributed by atoms with Gasteiger partial charge in [-0.05, 0) is 62.8 Å². The Morgan fingerprint density at radius 2 is 1.73 bits per heavy atom. The topological polar surface area (TPSA) is 8.17 Å². The Hall–Kier alpha value is -2.06. The van der Waals surface area contributed by atoms with Gasteiger partial charge in [-0.25, -0.2) is 0 Å². The Morgan fingerprint density at radius 3 is 2.58 bits per heavy atom. The van der Waals surface area contributed by atoms with E-state index in [1.165, 1.54) is 59.8 Å². The lowest BCUT2D eigenvalue weighted by Gasteiger charge is -2.33. The van der Waals surface area contributed by atoms with Crippen LogP contribution >= 0.6 is 0 Å². The quantitative estimate of drug-likeness (QED) is 0.592. The largest absolute Gasteiger partial charge is 0.343 e. The highest BCUT2D eigenvalue weighted by Crippen LogP contribution is 2.42. The van der Waals surface area contributed by atoms with Gasteiger partial charge in [-0.1, -0.05) is 41.5 Å². The molecule has 1 aromatic heterocycles. The van der Waals surface area contributed by atoms with Crippen LogP contribution in [0.25, 0.3) is 10.9 Å². The highest BCUT2D eigenvalue weighted by atomic mass is 15.2. The fourth-order valence-corrected chi connectivity index (χ4v) is 5.11. The molecule has 0 N–H and O–H groups in total. The van der Waals surface area contributed by atoms with E-state index in [9.17, 15) is 0 Å². The van der Waals surface area contributed by atoms with Crippen molar-refractivity contribution >= 4 is 10.9 Å². The lowest BCUT2D eigenvalue weighted by molar-refractivity contribution is 0.173. The van der Waals surface area contributed by atoms with Crippen LogP contribution in [0.2, 0.25) is 0 Å². The predicted octanol–water partition coefficient (Wildman–Crippen LogP) is 5.54. The first-order chi connectivity index (χ1) is 12.7. The average molecular weight is 345 g/mol. The predicted molar refractivity (Wildman–Crippen MR) is 109 cm³/mol. The lowest BCUT2D eigenvalue weighted by atomic mass is 9.90. The van der Waals surface area contributed by atoms with E-state index < -0.39 is 0 Å². The Bertz CT molecular complexity index is 945. The number of aromatic nitrogens is 1. The van der Waals surface area contributed by atoms with Gasteiger partial charge in [0.1, 0.15) is 0 Å². The molecule has 0 saturated carbocycles. The van der Waals surface area contributed by atoms with Gasteiger partial charge in [0, 0.05) is 36.2 Å². The smallest absolute Gasteiger partial charge is 0.0507 e. The summed E-state index contributed by atoms with van der Waals surface area (Å²) >= 11 is 0. The van der Waals surface area contributed by atoms with Crippen molar-refractivity contribution in [3.8, 4) is 0 Å². The van der Waals surface area contributed by atoms with E-state index in [4.69, 9.17) is 0 Å². The van der Waals surface area contributed by atoms with Crippen LogP contribution in [0.4, 0.5) is 0 Å². The van der Waals surface area contributed by atoms with Gasteiger partial charge >= 0.3 is 0 Å². The van der Waals surface area contributed by atoms with Crippen molar-refractivity contribution < 1.29 is 0 Å². The number of hydrogen-bond acceptors (Lipinski definition) is 1. The second-order valence-corrected chi connectivity index (χ2v) is 8.25. The van der Waals surface area contributed by atoms with Crippen LogP contribution in [-0.2, 0) is 19.5 Å². The molecule has 2 nitrogen and oxygen atoms in total. The summed E-state index contributed by atoms with van der Waals surface area (Å²) in [5, 5.41) is 1.52. The maximum atomic E-state index is 2.75. The molecule has 3 aromatic rings. The molecule has 26 heavy (non-hydrogen) atoms. The second-order valence-electron chi connectivity index (χ2n) is 8.25. The van der Waals surface area contributed by atoms with Gasteiger partial charge < -0.3 is 4.57 Å². The van der Waals surface area contributed by atoms with Crippen LogP contribution in [-0.4, -0.2) is 16.0 Å². The Labute approximate surface area is 156 Å². The minimum atomic E-state index is 0.579. The van der Waals surface area contributed by atoms with E-state index in [1.54, 1.807) is 11.3 Å². The number of benzene rings is 2. The standard InChI is InChI=1S/C24H28N2/c1-17-7-10-19(11-8-17)16-25-13-4-14-26-22-12-9-18(2)15-21(22)20-5-3-6-23(25)24(20)26/h7-12,15,23H,3-6,13-14,16H2,1-2H3/t23-/m1/s1. The van der Waals surface area contributed by atoms with Crippen molar-refractivity contribution in [2.24, 2.45) is 0 Å². The van der Waals surface area contributed by atoms with E-state index in [-0.39, 0.29) is 0 Å². The zero-order valence-corrected chi connectivity index (χ0v) is 16.0. The van der Waals surface area contributed by atoms with Crippen LogP contribution in [0.1, 0.15) is 53.3 Å². The molecule has 1 atom stereocenters. The molecular formula is C24H28N2. The number of nitrogens with zero attached hydrogens (tertiary/aromatic N) is 2. The highest BCUT2D eigenvalue weighted by molar-refractivity contribution is 5.86. The van der Waals surface area contributed by atoms with Crippen LogP contribution in [0.5, 0.6) is 0 Å². The van der Waals surface area contributed by atoms with Gasteiger partial charge in [-0.3, -0.25) is 4.90 Å². The number of fused-ring (bicyclic) bond motifs is 3. The lowest BCUT2D eigenvalue weighted by Crippen LogP contribution is -2.31. The molecule has 2 aromatic carbocycles. The average Bonchev–Trinajstić information content (AvgIpc) is 2.83. The zero-order chi connectivity index (χ0) is 17.7. The summed E-state index contributed by atoms with van der Waals surface area (Å²) in [7, 11) is 0. The maximum absolute atomic E-state index is 2.75. The summed E-state index contributed by atoms with van der Waals surface area (Å²) in [6, 6.07) is 16.7. The van der Waals surface area contributed by atoms with E-state index in [2.05, 4.69) is 65.8 Å². The highest BCUT2D eigenvalue weighted by Gasteiger charge is 2.33. The molecule has 1 aliphatic carbocycles. The molecule has 2 heterocycles. The van der Waals surface area contributed by atoms with Crippen molar-refractivity contribution in [2.75, 3.05) is 6.54 Å². The Kier molecular flexibility index (Phi) is 3.90. The number of rotatable bonds is 2. The summed E-state index contributed by atoms with van der Waals surface area (Å²) in [4.78, 5) is 2.75. The second kappa shape index (κ2) is 6.28. The number of hydrogen-bond donors (Lipinski definition) is 0. The van der Waals surface area contributed by atoms with E-state index in [0.717, 1.165) is 13.1 Å². The van der Waals surface area contributed by atoms with Gasteiger partial charge in [0.15, 0.2) is 0 Å². The van der Waals surface area contributed by atoms with Crippen molar-refractivity contribution in [3.63, 3.8) is 0 Å². The minimum Gasteiger partial charge on any atom is -0.343 e. The molecule has 134 valence electrons. The molecule has 0 spiro atoms. The first-order valence-corrected chi connectivity index (χ1v) is 10.1. The van der Waals surface area contributed by atoms with Crippen molar-refractivity contribution in [1.82, 2.24) is 9.47 Å². The van der Waals surface area contributed by atoms with Crippen LogP contribution in [0, 0.1) is 13.8 Å². The summed E-state index contributed by atoms with van der Waals surface area (Å²) in [5.41, 5.74) is 8.90. The number of aryl methyl sites for hydroxylation is 4. The molecule has 0 amide bonds. The van der Waals surface area contributed by atoms with E-state index >= 15 is 0 Å². The van der Waals surface area contributed by atoms with Crippen LogP contribution in [0.3, 0.4) is 0 Å². The first kappa shape index (κ1) is 16.1. The van der Waals surface area contributed by atoms with Gasteiger partial charge in [0.2, 0.25) is 0 Å². The molecule has 0 bridgehead atoms. The third-order valence-electron chi connectivity index (χ3n) is 6.36. The molecule has 1 aliphatic heterocycles. The van der Waals surface area contributed by atoms with E-state index in [1.807, 2.05) is 0 Å². The van der Waals surface area contributed by atoms with Gasteiger partial charge in [0.25, 0.3) is 0 Å². The Balaban J connectivity index is 1.58. The molecule has 2 aliphatic rings. The fourth-order valence-electron chi connectivity index (χ4n) is 5.11. The molecule has 0 saturated heterocycles. The minimum absolute atomic E-state index is 0.579. The summed E-state index contributed by atoms with van der Waals surface area (Å²) < 4.78 is 2.66. The van der Waals surface area contributed by atoms with Crippen LogP contribution < -0.4 is 0 Å². The van der Waals surface area contributed by atoms with Gasteiger partial charge in [0.05, 0.1) is 6.04 Å². The summed E-state index contributed by atoms with van der Waals surface area (Å²) in [5.74, 6) is 0. The zero-order valence-electron chi connectivity index (χ0n) is 16.0. The first-order valence-electron chi connectivity index (χ1n) is 10.1. The normalized spacial score (nSPS) is 20.2. The summed E-state index contributed by atoms with van der Waals surface area (Å²) in [6.07, 6.45) is 5.10. The van der Waals surface area contributed by atoms with Gasteiger partial charge in [-0.2, -0.15) is 0 Å². The SMILES string of the molecule is Cc1ccc(CN2CCCn3c4c(c5cc(C)ccc53)CCC[C@H]42)cc1. The van der Waals surface area contributed by atoms with Crippen molar-refractivity contribution in [1.29, 1.82) is 0 Å². The van der Waals surface area contributed by atoms with Crippen LogP contribution in [0.15, 0.2) is 42.5 Å². The molecule has 2 heteroatoms. The molecule has 5 rings (SSSR count). The maximum Gasteiger partial charge on any atom is 0.0507 e. The molecule has 0 fully saturated rings. The van der Waals surface area contributed by atoms with E-state index in [0.29, 0.717) is 6.04 Å². The third kappa shape index (κ3) is 2.59. The third-order valence-corrected chi connectivity index (χ3v) is 6.36. The van der Waals surface area contributed by atoms with Gasteiger partial charge in [-0.15, -0.1) is 0 Å². The monoisotopic (exact) mass is 344 g/mol. The van der Waals surface area contributed by atoms with Crippen molar-refractivity contribution in [2.45, 2.75) is 58.7 Å². The molecular weight excluding hydrogens is 316 g/mol. The summed E-state index contributed by atoms with van der Waals surface area (Å²) in [6.45, 7) is 7.83. The molecule has 0 radical (unpaired) electrons. The molecule has 0 unspecified atom stereocenters. The fraction of sp³-hybridized carbons (Fsp3) is 0.417.